The van der Waals surface area contributed by atoms with Gasteiger partial charge in [-0.3, -0.25) is 20.4 Å². The van der Waals surface area contributed by atoms with Crippen LogP contribution in [0.4, 0.5) is 0 Å². The van der Waals surface area contributed by atoms with Gasteiger partial charge in [0.05, 0.1) is 14.2 Å². The zero-order valence-corrected chi connectivity index (χ0v) is 22.0. The maximum absolute atomic E-state index is 12.5. The molecule has 206 valence electrons. The number of hydrogen-bond donors (Lipinski definition) is 6. The van der Waals surface area contributed by atoms with E-state index in [0.717, 1.165) is 11.1 Å². The third kappa shape index (κ3) is 7.07. The molecule has 4 aromatic rings. The number of rotatable bonds is 11. The smallest absolute Gasteiger partial charge is 0.265 e. The number of carbonyl (C=O) groups excluding carboxylic acids is 2. The molecule has 0 bridgehead atoms. The number of phenols is 2. The van der Waals surface area contributed by atoms with Crippen molar-refractivity contribution in [2.45, 2.75) is 13.1 Å². The highest BCUT2D eigenvalue weighted by Gasteiger charge is 2.10. The Kier molecular flexibility index (Phi) is 9.19. The molecule has 0 aliphatic rings. The van der Waals surface area contributed by atoms with E-state index in [9.17, 15) is 19.8 Å². The molecule has 0 radical (unpaired) electrons. The Hall–Kier alpha value is -5.06. The van der Waals surface area contributed by atoms with Crippen molar-refractivity contribution in [3.05, 3.63) is 107 Å². The maximum atomic E-state index is 12.5. The summed E-state index contributed by atoms with van der Waals surface area (Å²) in [5, 5.41) is 19.9. The fraction of sp³-hybridized carbons (Fsp3) is 0.133. The lowest BCUT2D eigenvalue weighted by molar-refractivity contribution is 0.0924. The second-order valence-electron chi connectivity index (χ2n) is 8.76. The van der Waals surface area contributed by atoms with E-state index >= 15 is 0 Å². The molecule has 0 aliphatic heterocycles. The number of ether oxygens (including phenoxy) is 2. The first kappa shape index (κ1) is 28.0. The molecule has 0 atom stereocenters. The summed E-state index contributed by atoms with van der Waals surface area (Å²) in [4.78, 5) is 25.0. The van der Waals surface area contributed by atoms with E-state index in [1.54, 1.807) is 48.5 Å². The number of phenolic OH excluding ortho intramolecular Hbond substituents is 2. The Balaban J connectivity index is 1.28. The molecule has 4 aromatic carbocycles. The molecule has 10 nitrogen and oxygen atoms in total. The summed E-state index contributed by atoms with van der Waals surface area (Å²) in [5.41, 5.74) is 14.7. The second-order valence-corrected chi connectivity index (χ2v) is 8.76. The van der Waals surface area contributed by atoms with Crippen molar-refractivity contribution >= 4 is 11.8 Å². The zero-order chi connectivity index (χ0) is 28.5. The van der Waals surface area contributed by atoms with Crippen LogP contribution in [-0.2, 0) is 13.1 Å². The van der Waals surface area contributed by atoms with Crippen molar-refractivity contribution in [1.82, 2.24) is 21.7 Å². The summed E-state index contributed by atoms with van der Waals surface area (Å²) in [6.45, 7) is 0.428. The number of methoxy groups -OCH3 is 2. The number of hydrazine groups is 2. The molecule has 0 spiro atoms. The molecule has 0 heterocycles. The van der Waals surface area contributed by atoms with Gasteiger partial charge in [-0.1, -0.05) is 24.3 Å². The van der Waals surface area contributed by atoms with Gasteiger partial charge in [0, 0.05) is 35.3 Å². The van der Waals surface area contributed by atoms with Gasteiger partial charge in [0.1, 0.15) is 23.0 Å². The molecular weight excluding hydrogens is 512 g/mol. The predicted octanol–water partition coefficient (Wildman–Crippen LogP) is 3.65. The van der Waals surface area contributed by atoms with Crippen LogP contribution in [-0.4, -0.2) is 36.2 Å². The van der Waals surface area contributed by atoms with Gasteiger partial charge in [0.15, 0.2) is 0 Å². The average molecular weight is 543 g/mol. The van der Waals surface area contributed by atoms with Crippen LogP contribution in [0.1, 0.15) is 31.8 Å². The molecule has 10 heteroatoms. The molecule has 0 saturated heterocycles. The van der Waals surface area contributed by atoms with Crippen molar-refractivity contribution in [2.75, 3.05) is 14.2 Å². The van der Waals surface area contributed by atoms with E-state index in [-0.39, 0.29) is 36.4 Å². The van der Waals surface area contributed by atoms with E-state index in [1.165, 1.54) is 26.4 Å². The van der Waals surface area contributed by atoms with Gasteiger partial charge in [-0.2, -0.15) is 0 Å². The Labute approximate surface area is 231 Å². The number of carbonyl (C=O) groups is 2. The first-order valence-corrected chi connectivity index (χ1v) is 12.4. The maximum Gasteiger partial charge on any atom is 0.265 e. The number of benzene rings is 4. The standard InChI is InChI=1S/C30H30N4O6/c1-39-25-11-13-27(35)23(15-25)17-31-33-29(37)21-7-3-19(4-8-21)20-5-9-22(10-6-20)30(38)34-32-18-24-16-26(40-2)12-14-28(24)36/h3-16,31-32,35-36H,17-18H2,1-2H3,(H,33,37)(H,34,38). The molecule has 6 N–H and O–H groups in total. The van der Waals surface area contributed by atoms with Gasteiger partial charge in [0.25, 0.3) is 11.8 Å². The lowest BCUT2D eigenvalue weighted by Crippen LogP contribution is -2.36. The summed E-state index contributed by atoms with van der Waals surface area (Å²) >= 11 is 0. The SMILES string of the molecule is COc1ccc(O)c(CNNC(=O)c2ccc(-c3ccc(C(=O)NNCc4cc(OC)ccc4O)cc3)cc2)c1. The topological polar surface area (TPSA) is 141 Å². The molecule has 0 fully saturated rings. The van der Waals surface area contributed by atoms with Gasteiger partial charge >= 0.3 is 0 Å². The summed E-state index contributed by atoms with van der Waals surface area (Å²) in [6.07, 6.45) is 0. The van der Waals surface area contributed by atoms with Gasteiger partial charge in [-0.15, -0.1) is 0 Å². The Morgan fingerprint density at radius 2 is 0.975 bits per heavy atom. The highest BCUT2D eigenvalue weighted by Crippen LogP contribution is 2.24. The molecule has 4 rings (SSSR count). The first-order valence-electron chi connectivity index (χ1n) is 12.4. The van der Waals surface area contributed by atoms with Crippen LogP contribution in [0.15, 0.2) is 84.9 Å². The molecule has 0 saturated carbocycles. The summed E-state index contributed by atoms with van der Waals surface area (Å²) in [5.74, 6) is 0.756. The number of amides is 2. The van der Waals surface area contributed by atoms with Crippen LogP contribution in [0.5, 0.6) is 23.0 Å². The zero-order valence-electron chi connectivity index (χ0n) is 22.0. The minimum atomic E-state index is -0.323. The van der Waals surface area contributed by atoms with Gasteiger partial charge < -0.3 is 19.7 Å². The second kappa shape index (κ2) is 13.1. The van der Waals surface area contributed by atoms with Gasteiger partial charge in [-0.25, -0.2) is 10.9 Å². The van der Waals surface area contributed by atoms with E-state index in [1.807, 2.05) is 24.3 Å². The first-order chi connectivity index (χ1) is 19.4. The summed E-state index contributed by atoms with van der Waals surface area (Å²) in [7, 11) is 3.08. The van der Waals surface area contributed by atoms with E-state index < -0.39 is 0 Å². The van der Waals surface area contributed by atoms with Crippen molar-refractivity contribution in [3.8, 4) is 34.1 Å². The van der Waals surface area contributed by atoms with Crippen molar-refractivity contribution in [1.29, 1.82) is 0 Å². The third-order valence-corrected chi connectivity index (χ3v) is 6.16. The van der Waals surface area contributed by atoms with Crippen LogP contribution in [0.25, 0.3) is 11.1 Å². The van der Waals surface area contributed by atoms with Crippen LogP contribution in [0, 0.1) is 0 Å². The predicted molar refractivity (Wildman–Crippen MR) is 150 cm³/mol. The fourth-order valence-corrected chi connectivity index (χ4v) is 3.87. The molecular formula is C30H30N4O6. The van der Waals surface area contributed by atoms with E-state index in [2.05, 4.69) is 21.7 Å². The van der Waals surface area contributed by atoms with E-state index in [0.29, 0.717) is 33.8 Å². The molecule has 2 amide bonds. The highest BCUT2D eigenvalue weighted by atomic mass is 16.5. The van der Waals surface area contributed by atoms with Crippen LogP contribution in [0.2, 0.25) is 0 Å². The van der Waals surface area contributed by atoms with Crippen LogP contribution < -0.4 is 31.2 Å². The quantitative estimate of drug-likeness (QED) is 0.158. The average Bonchev–Trinajstić information content (AvgIpc) is 2.99. The molecule has 40 heavy (non-hydrogen) atoms. The molecule has 0 aliphatic carbocycles. The normalized spacial score (nSPS) is 10.6. The lowest BCUT2D eigenvalue weighted by Gasteiger charge is -2.11. The molecule has 0 unspecified atom stereocenters. The largest absolute Gasteiger partial charge is 0.508 e. The number of aromatic hydroxyl groups is 2. The van der Waals surface area contributed by atoms with Gasteiger partial charge in [0.2, 0.25) is 0 Å². The number of nitrogens with one attached hydrogen (secondary N) is 4. The summed E-state index contributed by atoms with van der Waals surface area (Å²) < 4.78 is 10.3. The van der Waals surface area contributed by atoms with Crippen LogP contribution in [0.3, 0.4) is 0 Å². The van der Waals surface area contributed by atoms with Crippen molar-refractivity contribution < 1.29 is 29.3 Å². The Bertz CT molecular complexity index is 1360. The monoisotopic (exact) mass is 542 g/mol. The van der Waals surface area contributed by atoms with E-state index in [4.69, 9.17) is 9.47 Å². The Morgan fingerprint density at radius 1 is 0.600 bits per heavy atom. The number of hydrogen-bond acceptors (Lipinski definition) is 8. The minimum absolute atomic E-state index is 0.0974. The minimum Gasteiger partial charge on any atom is -0.508 e. The summed E-state index contributed by atoms with van der Waals surface area (Å²) in [6, 6.07) is 23.8. The Morgan fingerprint density at radius 3 is 1.32 bits per heavy atom. The highest BCUT2D eigenvalue weighted by molar-refractivity contribution is 5.95. The fourth-order valence-electron chi connectivity index (χ4n) is 3.87. The van der Waals surface area contributed by atoms with Crippen molar-refractivity contribution in [3.63, 3.8) is 0 Å². The van der Waals surface area contributed by atoms with Crippen LogP contribution >= 0.6 is 0 Å². The van der Waals surface area contributed by atoms with Crippen molar-refractivity contribution in [2.24, 2.45) is 0 Å². The lowest BCUT2D eigenvalue weighted by atomic mass is 10.0. The molecule has 0 aromatic heterocycles. The van der Waals surface area contributed by atoms with Gasteiger partial charge in [-0.05, 0) is 71.8 Å². The third-order valence-electron chi connectivity index (χ3n) is 6.16.